The van der Waals surface area contributed by atoms with Gasteiger partial charge < -0.3 is 15.2 Å². The molecule has 1 atom stereocenters. The SMILES string of the molecule is CCC(NC(=O)Cc1ccc(OC)c(F)c1)C(=O)O. The standard InChI is InChI=1S/C13H16FNO4/c1-3-10(13(17)18)15-12(16)7-8-4-5-11(19-2)9(14)6-8/h4-6,10H,3,7H2,1-2H3,(H,15,16)(H,17,18). The maximum absolute atomic E-state index is 13.4. The molecule has 1 unspecified atom stereocenters. The van der Waals surface area contributed by atoms with Crippen LogP contribution in [0.5, 0.6) is 5.75 Å². The van der Waals surface area contributed by atoms with Crippen molar-refractivity contribution in [2.24, 2.45) is 0 Å². The molecule has 0 saturated carbocycles. The molecule has 0 bridgehead atoms. The van der Waals surface area contributed by atoms with Crippen molar-refractivity contribution in [3.05, 3.63) is 29.6 Å². The molecule has 5 nitrogen and oxygen atoms in total. The van der Waals surface area contributed by atoms with Gasteiger partial charge in [-0.3, -0.25) is 4.79 Å². The van der Waals surface area contributed by atoms with E-state index in [9.17, 15) is 14.0 Å². The van der Waals surface area contributed by atoms with Crippen LogP contribution in [0, 0.1) is 5.82 Å². The lowest BCUT2D eigenvalue weighted by atomic mass is 10.1. The lowest BCUT2D eigenvalue weighted by molar-refractivity contribution is -0.141. The Morgan fingerprint density at radius 3 is 2.63 bits per heavy atom. The van der Waals surface area contributed by atoms with Gasteiger partial charge >= 0.3 is 5.97 Å². The average molecular weight is 269 g/mol. The topological polar surface area (TPSA) is 75.6 Å². The second-order valence-electron chi connectivity index (χ2n) is 4.01. The predicted octanol–water partition coefficient (Wildman–Crippen LogP) is 1.36. The molecule has 19 heavy (non-hydrogen) atoms. The Kier molecular flexibility index (Phi) is 5.29. The number of carbonyl (C=O) groups is 2. The molecular weight excluding hydrogens is 253 g/mol. The van der Waals surface area contributed by atoms with Crippen molar-refractivity contribution >= 4 is 11.9 Å². The first-order chi connectivity index (χ1) is 8.97. The number of aliphatic carboxylic acids is 1. The van der Waals surface area contributed by atoms with Crippen molar-refractivity contribution in [1.29, 1.82) is 0 Å². The Bertz CT molecular complexity index is 476. The third-order valence-corrected chi connectivity index (χ3v) is 2.62. The van der Waals surface area contributed by atoms with Crippen molar-refractivity contribution in [3.63, 3.8) is 0 Å². The van der Waals surface area contributed by atoms with Crippen LogP contribution in [0.4, 0.5) is 4.39 Å². The Hall–Kier alpha value is -2.11. The number of carboxylic acid groups (broad SMARTS) is 1. The van der Waals surface area contributed by atoms with Gasteiger partial charge in [0.05, 0.1) is 13.5 Å². The molecule has 0 aliphatic carbocycles. The van der Waals surface area contributed by atoms with Crippen LogP contribution in [0.1, 0.15) is 18.9 Å². The fraction of sp³-hybridized carbons (Fsp3) is 0.385. The Balaban J connectivity index is 2.67. The van der Waals surface area contributed by atoms with Gasteiger partial charge in [0.1, 0.15) is 6.04 Å². The third-order valence-electron chi connectivity index (χ3n) is 2.62. The summed E-state index contributed by atoms with van der Waals surface area (Å²) in [6.45, 7) is 1.66. The van der Waals surface area contributed by atoms with E-state index in [4.69, 9.17) is 9.84 Å². The van der Waals surface area contributed by atoms with Gasteiger partial charge in [0.15, 0.2) is 11.6 Å². The average Bonchev–Trinajstić information content (AvgIpc) is 2.35. The number of benzene rings is 1. The van der Waals surface area contributed by atoms with Gasteiger partial charge in [-0.05, 0) is 24.1 Å². The van der Waals surface area contributed by atoms with E-state index in [0.29, 0.717) is 5.56 Å². The molecule has 1 aromatic carbocycles. The number of ether oxygens (including phenoxy) is 1. The molecule has 0 radical (unpaired) electrons. The number of halogens is 1. The van der Waals surface area contributed by atoms with E-state index >= 15 is 0 Å². The number of nitrogens with one attached hydrogen (secondary N) is 1. The van der Waals surface area contributed by atoms with Gasteiger partial charge in [0.25, 0.3) is 0 Å². The molecule has 0 fully saturated rings. The van der Waals surface area contributed by atoms with Crippen molar-refractivity contribution in [2.75, 3.05) is 7.11 Å². The number of rotatable bonds is 6. The first kappa shape index (κ1) is 14.9. The summed E-state index contributed by atoms with van der Waals surface area (Å²) in [5, 5.41) is 11.2. The van der Waals surface area contributed by atoms with Gasteiger partial charge in [0.2, 0.25) is 5.91 Å². The predicted molar refractivity (Wildman–Crippen MR) is 66.5 cm³/mol. The highest BCUT2D eigenvalue weighted by atomic mass is 19.1. The number of carboxylic acids is 1. The number of amides is 1. The Labute approximate surface area is 110 Å². The van der Waals surface area contributed by atoms with Gasteiger partial charge in [-0.15, -0.1) is 0 Å². The van der Waals surface area contributed by atoms with Crippen LogP contribution in [0.3, 0.4) is 0 Å². The van der Waals surface area contributed by atoms with Gasteiger partial charge in [0, 0.05) is 0 Å². The van der Waals surface area contributed by atoms with Crippen LogP contribution in [0.2, 0.25) is 0 Å². The lowest BCUT2D eigenvalue weighted by Gasteiger charge is -2.12. The van der Waals surface area contributed by atoms with E-state index in [-0.39, 0.29) is 18.6 Å². The number of hydrogen-bond acceptors (Lipinski definition) is 3. The molecule has 2 N–H and O–H groups in total. The molecule has 0 aromatic heterocycles. The zero-order chi connectivity index (χ0) is 14.4. The van der Waals surface area contributed by atoms with Crippen LogP contribution in [0.25, 0.3) is 0 Å². The summed E-state index contributed by atoms with van der Waals surface area (Å²) in [7, 11) is 1.35. The molecule has 1 rings (SSSR count). The number of carbonyl (C=O) groups excluding carboxylic acids is 1. The van der Waals surface area contributed by atoms with E-state index in [0.717, 1.165) is 0 Å². The minimum absolute atomic E-state index is 0.0787. The van der Waals surface area contributed by atoms with Gasteiger partial charge in [-0.1, -0.05) is 13.0 Å². The normalized spacial score (nSPS) is 11.7. The largest absolute Gasteiger partial charge is 0.494 e. The second kappa shape index (κ2) is 6.72. The number of methoxy groups -OCH3 is 1. The smallest absolute Gasteiger partial charge is 0.326 e. The fourth-order valence-electron chi connectivity index (χ4n) is 1.59. The molecule has 0 heterocycles. The summed E-state index contributed by atoms with van der Waals surface area (Å²) in [5.74, 6) is -2.00. The van der Waals surface area contributed by atoms with E-state index in [1.807, 2.05) is 0 Å². The summed E-state index contributed by atoms with van der Waals surface area (Å²) in [6.07, 6.45) is 0.211. The quantitative estimate of drug-likeness (QED) is 0.817. The molecule has 0 aliphatic heterocycles. The highest BCUT2D eigenvalue weighted by Crippen LogP contribution is 2.17. The fourth-order valence-corrected chi connectivity index (χ4v) is 1.59. The molecule has 1 amide bonds. The Morgan fingerprint density at radius 2 is 2.16 bits per heavy atom. The summed E-state index contributed by atoms with van der Waals surface area (Å²) in [4.78, 5) is 22.4. The molecule has 0 saturated heterocycles. The zero-order valence-corrected chi connectivity index (χ0v) is 10.8. The minimum atomic E-state index is -1.09. The van der Waals surface area contributed by atoms with Crippen molar-refractivity contribution < 1.29 is 23.8 Å². The minimum Gasteiger partial charge on any atom is -0.494 e. The van der Waals surface area contributed by atoms with E-state index in [1.54, 1.807) is 13.0 Å². The second-order valence-corrected chi connectivity index (χ2v) is 4.01. The van der Waals surface area contributed by atoms with E-state index in [2.05, 4.69) is 5.32 Å². The first-order valence-electron chi connectivity index (χ1n) is 5.82. The summed E-state index contributed by atoms with van der Waals surface area (Å²) < 4.78 is 18.2. The summed E-state index contributed by atoms with van der Waals surface area (Å²) in [5.41, 5.74) is 0.455. The highest BCUT2D eigenvalue weighted by Gasteiger charge is 2.17. The van der Waals surface area contributed by atoms with Gasteiger partial charge in [-0.2, -0.15) is 0 Å². The van der Waals surface area contributed by atoms with Crippen LogP contribution in [-0.2, 0) is 16.0 Å². The van der Waals surface area contributed by atoms with Crippen molar-refractivity contribution in [1.82, 2.24) is 5.32 Å². The van der Waals surface area contributed by atoms with Crippen LogP contribution in [-0.4, -0.2) is 30.1 Å². The Morgan fingerprint density at radius 1 is 1.47 bits per heavy atom. The molecule has 6 heteroatoms. The zero-order valence-electron chi connectivity index (χ0n) is 10.8. The monoisotopic (exact) mass is 269 g/mol. The lowest BCUT2D eigenvalue weighted by Crippen LogP contribution is -2.40. The molecular formula is C13H16FNO4. The highest BCUT2D eigenvalue weighted by molar-refractivity contribution is 5.84. The molecule has 1 aromatic rings. The van der Waals surface area contributed by atoms with E-state index < -0.39 is 23.7 Å². The summed E-state index contributed by atoms with van der Waals surface area (Å²) >= 11 is 0. The molecule has 104 valence electrons. The summed E-state index contributed by atoms with van der Waals surface area (Å²) in [6, 6.07) is 3.26. The van der Waals surface area contributed by atoms with Crippen LogP contribution < -0.4 is 10.1 Å². The third kappa shape index (κ3) is 4.24. The van der Waals surface area contributed by atoms with Crippen LogP contribution >= 0.6 is 0 Å². The maximum Gasteiger partial charge on any atom is 0.326 e. The number of hydrogen-bond donors (Lipinski definition) is 2. The van der Waals surface area contributed by atoms with Crippen LogP contribution in [0.15, 0.2) is 18.2 Å². The van der Waals surface area contributed by atoms with Gasteiger partial charge in [-0.25, -0.2) is 9.18 Å². The van der Waals surface area contributed by atoms with Crippen molar-refractivity contribution in [3.8, 4) is 5.75 Å². The van der Waals surface area contributed by atoms with E-state index in [1.165, 1.54) is 19.2 Å². The first-order valence-corrected chi connectivity index (χ1v) is 5.82. The molecule has 0 spiro atoms. The molecule has 0 aliphatic rings. The van der Waals surface area contributed by atoms with Crippen molar-refractivity contribution in [2.45, 2.75) is 25.8 Å². The maximum atomic E-state index is 13.4.